The Morgan fingerprint density at radius 3 is 1.79 bits per heavy atom. The number of halogens is 1. The number of carbonyl (C=O) groups is 1. The molecule has 1 aliphatic rings. The number of piperidine rings is 1. The van der Waals surface area contributed by atoms with E-state index in [1.165, 1.54) is 11.1 Å². The zero-order valence-corrected chi connectivity index (χ0v) is 17.6. The standard InChI is InChI=1S/C23H29NO3.ClH/c1-16-4-8-19(9-5-16)22(20-10-6-17(2)7-11-20)27-21-12-14-24(15-13-21)18(3)23(25)26;/h4-11,18,21-22H,12-15H2,1-3H3,(H,25,26);1H. The van der Waals surface area contributed by atoms with E-state index in [4.69, 9.17) is 4.74 Å². The fraction of sp³-hybridized carbons (Fsp3) is 0.435. The molecular weight excluding hydrogens is 374 g/mol. The third-order valence-electron chi connectivity index (χ3n) is 5.47. The van der Waals surface area contributed by atoms with Crippen LogP contribution in [0.2, 0.25) is 0 Å². The normalized spacial score (nSPS) is 16.6. The summed E-state index contributed by atoms with van der Waals surface area (Å²) in [6.45, 7) is 7.44. The molecule has 1 saturated heterocycles. The second kappa shape index (κ2) is 10.1. The minimum atomic E-state index is -0.758. The highest BCUT2D eigenvalue weighted by Crippen LogP contribution is 2.30. The minimum Gasteiger partial charge on any atom is -0.480 e. The molecule has 1 N–H and O–H groups in total. The number of ether oxygens (including phenoxy) is 1. The average molecular weight is 404 g/mol. The lowest BCUT2D eigenvalue weighted by Gasteiger charge is -2.36. The van der Waals surface area contributed by atoms with Gasteiger partial charge in [0, 0.05) is 13.1 Å². The van der Waals surface area contributed by atoms with Crippen molar-refractivity contribution in [3.8, 4) is 0 Å². The van der Waals surface area contributed by atoms with Gasteiger partial charge >= 0.3 is 5.97 Å². The zero-order valence-electron chi connectivity index (χ0n) is 16.8. The maximum absolute atomic E-state index is 11.2. The summed E-state index contributed by atoms with van der Waals surface area (Å²) >= 11 is 0. The van der Waals surface area contributed by atoms with Gasteiger partial charge in [0.2, 0.25) is 0 Å². The van der Waals surface area contributed by atoms with Gasteiger partial charge in [0.05, 0.1) is 6.10 Å². The highest BCUT2D eigenvalue weighted by atomic mass is 35.5. The lowest BCUT2D eigenvalue weighted by atomic mass is 9.98. The number of rotatable bonds is 6. The van der Waals surface area contributed by atoms with Crippen molar-refractivity contribution in [2.75, 3.05) is 13.1 Å². The summed E-state index contributed by atoms with van der Waals surface area (Å²) in [6, 6.07) is 16.6. The van der Waals surface area contributed by atoms with E-state index in [1.54, 1.807) is 6.92 Å². The van der Waals surface area contributed by atoms with Crippen LogP contribution in [0.15, 0.2) is 48.5 Å². The van der Waals surface area contributed by atoms with Crippen LogP contribution in [-0.2, 0) is 9.53 Å². The fourth-order valence-electron chi connectivity index (χ4n) is 3.58. The first-order chi connectivity index (χ1) is 12.9. The predicted molar refractivity (Wildman–Crippen MR) is 114 cm³/mol. The lowest BCUT2D eigenvalue weighted by Crippen LogP contribution is -2.45. The van der Waals surface area contributed by atoms with Gasteiger partial charge in [0.1, 0.15) is 12.1 Å². The number of carboxylic acids is 1. The highest BCUT2D eigenvalue weighted by Gasteiger charge is 2.28. The number of hydrogen-bond acceptors (Lipinski definition) is 3. The summed E-state index contributed by atoms with van der Waals surface area (Å²) in [5, 5.41) is 9.21. The fourth-order valence-corrected chi connectivity index (χ4v) is 3.58. The first-order valence-electron chi connectivity index (χ1n) is 9.69. The number of hydrogen-bond donors (Lipinski definition) is 1. The molecule has 152 valence electrons. The van der Waals surface area contributed by atoms with Crippen LogP contribution in [0.4, 0.5) is 0 Å². The third-order valence-corrected chi connectivity index (χ3v) is 5.47. The van der Waals surface area contributed by atoms with Crippen LogP contribution < -0.4 is 0 Å². The van der Waals surface area contributed by atoms with Gasteiger partial charge in [-0.15, -0.1) is 12.4 Å². The number of carboxylic acid groups (broad SMARTS) is 1. The van der Waals surface area contributed by atoms with Crippen LogP contribution in [-0.4, -0.2) is 41.2 Å². The van der Waals surface area contributed by atoms with Crippen LogP contribution in [0.25, 0.3) is 0 Å². The van der Waals surface area contributed by atoms with Gasteiger partial charge in [-0.05, 0) is 44.7 Å². The molecule has 2 aromatic carbocycles. The quantitative estimate of drug-likeness (QED) is 0.754. The van der Waals surface area contributed by atoms with Gasteiger partial charge in [0.15, 0.2) is 0 Å². The Labute approximate surface area is 173 Å². The molecule has 0 spiro atoms. The Morgan fingerprint density at radius 1 is 0.964 bits per heavy atom. The number of benzene rings is 2. The molecular formula is C23H30ClNO3. The van der Waals surface area contributed by atoms with E-state index >= 15 is 0 Å². The van der Waals surface area contributed by atoms with E-state index in [-0.39, 0.29) is 24.6 Å². The summed E-state index contributed by atoms with van der Waals surface area (Å²) in [6.07, 6.45) is 1.74. The Balaban J connectivity index is 0.00000280. The maximum atomic E-state index is 11.2. The number of likely N-dealkylation sites (tertiary alicyclic amines) is 1. The van der Waals surface area contributed by atoms with Crippen LogP contribution in [0.3, 0.4) is 0 Å². The van der Waals surface area contributed by atoms with Gasteiger partial charge in [-0.2, -0.15) is 0 Å². The monoisotopic (exact) mass is 403 g/mol. The zero-order chi connectivity index (χ0) is 19.4. The van der Waals surface area contributed by atoms with Gasteiger partial charge in [-0.3, -0.25) is 9.69 Å². The molecule has 4 nitrogen and oxygen atoms in total. The number of aliphatic carboxylic acids is 1. The molecule has 0 saturated carbocycles. The Bertz CT molecular complexity index is 707. The predicted octanol–water partition coefficient (Wildman–Crippen LogP) is 4.77. The molecule has 0 aliphatic carbocycles. The Kier molecular flexibility index (Phi) is 8.05. The minimum absolute atomic E-state index is 0. The lowest BCUT2D eigenvalue weighted by molar-refractivity contribution is -0.144. The van der Waals surface area contributed by atoms with Gasteiger partial charge in [-0.25, -0.2) is 0 Å². The van der Waals surface area contributed by atoms with Crippen LogP contribution in [0.1, 0.15) is 48.1 Å². The van der Waals surface area contributed by atoms with E-state index in [1.807, 2.05) is 4.90 Å². The van der Waals surface area contributed by atoms with Gasteiger partial charge in [-0.1, -0.05) is 59.7 Å². The Hall–Kier alpha value is -1.88. The number of nitrogens with zero attached hydrogens (tertiary/aromatic N) is 1. The third kappa shape index (κ3) is 5.57. The first kappa shape index (κ1) is 22.4. The molecule has 0 bridgehead atoms. The summed E-state index contributed by atoms with van der Waals surface area (Å²) in [5.41, 5.74) is 4.78. The van der Waals surface area contributed by atoms with Gasteiger partial charge < -0.3 is 9.84 Å². The van der Waals surface area contributed by atoms with Crippen LogP contribution in [0, 0.1) is 13.8 Å². The molecule has 1 unspecified atom stereocenters. The van der Waals surface area contributed by atoms with Crippen molar-refractivity contribution < 1.29 is 14.6 Å². The van der Waals surface area contributed by atoms with Crippen molar-refractivity contribution in [2.24, 2.45) is 0 Å². The second-order valence-electron chi connectivity index (χ2n) is 7.59. The molecule has 3 rings (SSSR count). The molecule has 1 atom stereocenters. The van der Waals surface area contributed by atoms with Crippen molar-refractivity contribution in [1.82, 2.24) is 4.90 Å². The van der Waals surface area contributed by atoms with Crippen LogP contribution >= 0.6 is 12.4 Å². The van der Waals surface area contributed by atoms with Crippen molar-refractivity contribution in [1.29, 1.82) is 0 Å². The largest absolute Gasteiger partial charge is 0.480 e. The molecule has 1 aliphatic heterocycles. The molecule has 28 heavy (non-hydrogen) atoms. The van der Waals surface area contributed by atoms with Crippen LogP contribution in [0.5, 0.6) is 0 Å². The maximum Gasteiger partial charge on any atom is 0.320 e. The summed E-state index contributed by atoms with van der Waals surface area (Å²) < 4.78 is 6.56. The smallest absolute Gasteiger partial charge is 0.320 e. The van der Waals surface area contributed by atoms with E-state index in [0.29, 0.717) is 0 Å². The second-order valence-corrected chi connectivity index (χ2v) is 7.59. The van der Waals surface area contributed by atoms with E-state index in [9.17, 15) is 9.90 Å². The van der Waals surface area contributed by atoms with E-state index in [0.717, 1.165) is 37.1 Å². The Morgan fingerprint density at radius 2 is 1.39 bits per heavy atom. The molecule has 0 aromatic heterocycles. The van der Waals surface area contributed by atoms with Gasteiger partial charge in [0.25, 0.3) is 0 Å². The summed E-state index contributed by atoms with van der Waals surface area (Å²) in [4.78, 5) is 13.2. The van der Waals surface area contributed by atoms with Crippen molar-refractivity contribution in [3.05, 3.63) is 70.8 Å². The van der Waals surface area contributed by atoms with Crippen molar-refractivity contribution in [2.45, 2.75) is 51.9 Å². The van der Waals surface area contributed by atoms with E-state index in [2.05, 4.69) is 62.4 Å². The molecule has 1 heterocycles. The molecule has 1 fully saturated rings. The highest BCUT2D eigenvalue weighted by molar-refractivity contribution is 5.85. The molecule has 0 radical (unpaired) electrons. The number of aryl methyl sites for hydroxylation is 2. The van der Waals surface area contributed by atoms with Crippen molar-refractivity contribution in [3.63, 3.8) is 0 Å². The van der Waals surface area contributed by atoms with Crippen molar-refractivity contribution >= 4 is 18.4 Å². The SMILES string of the molecule is Cc1ccc(C(OC2CCN(C(C)C(=O)O)CC2)c2ccc(C)cc2)cc1.Cl. The topological polar surface area (TPSA) is 49.8 Å². The average Bonchev–Trinajstić information content (AvgIpc) is 2.67. The van der Waals surface area contributed by atoms with E-state index < -0.39 is 12.0 Å². The summed E-state index contributed by atoms with van der Waals surface area (Å²) in [5.74, 6) is -0.758. The molecule has 5 heteroatoms. The molecule has 2 aromatic rings. The summed E-state index contributed by atoms with van der Waals surface area (Å²) in [7, 11) is 0. The molecule has 0 amide bonds. The first-order valence-corrected chi connectivity index (χ1v) is 9.69.